The molecule has 152 valence electrons. The molecule has 1 N–H and O–H groups in total. The minimum Gasteiger partial charge on any atom is -0.466 e. The average molecular weight is 408 g/mol. The van der Waals surface area contributed by atoms with Crippen LogP contribution in [0.15, 0.2) is 18.2 Å². The molecule has 0 unspecified atom stereocenters. The summed E-state index contributed by atoms with van der Waals surface area (Å²) in [7, 11) is 2.55. The highest BCUT2D eigenvalue weighted by molar-refractivity contribution is 7.80. The van der Waals surface area contributed by atoms with Crippen molar-refractivity contribution in [3.8, 4) is 0 Å². The van der Waals surface area contributed by atoms with Gasteiger partial charge in [-0.2, -0.15) is 0 Å². The van der Waals surface area contributed by atoms with Gasteiger partial charge in [-0.05, 0) is 50.2 Å². The summed E-state index contributed by atoms with van der Waals surface area (Å²) in [5, 5.41) is 3.35. The van der Waals surface area contributed by atoms with Crippen molar-refractivity contribution in [2.45, 2.75) is 19.8 Å². The normalized spacial score (nSPS) is 16.1. The number of rotatable bonds is 5. The monoisotopic (exact) mass is 408 g/mol. The number of piperidine rings is 1. The van der Waals surface area contributed by atoms with Crippen molar-refractivity contribution in [2.24, 2.45) is 5.92 Å². The molecule has 28 heavy (non-hydrogen) atoms. The van der Waals surface area contributed by atoms with Crippen LogP contribution in [0.25, 0.3) is 0 Å². The van der Waals surface area contributed by atoms with E-state index in [-0.39, 0.29) is 23.0 Å². The number of nitrogens with zero attached hydrogens (tertiary/aromatic N) is 1. The van der Waals surface area contributed by atoms with Crippen LogP contribution in [0.4, 0.5) is 5.69 Å². The summed E-state index contributed by atoms with van der Waals surface area (Å²) in [5.41, 5.74) is 0.831. The van der Waals surface area contributed by atoms with Crippen LogP contribution in [0.1, 0.15) is 40.5 Å². The Morgan fingerprint density at radius 1 is 1.21 bits per heavy atom. The Bertz CT molecular complexity index is 767. The number of methoxy groups -OCH3 is 2. The van der Waals surface area contributed by atoms with E-state index >= 15 is 0 Å². The maximum atomic E-state index is 12.1. The molecule has 1 fully saturated rings. The van der Waals surface area contributed by atoms with Crippen LogP contribution in [0.3, 0.4) is 0 Å². The van der Waals surface area contributed by atoms with Gasteiger partial charge >= 0.3 is 17.9 Å². The van der Waals surface area contributed by atoms with Crippen LogP contribution < -0.4 is 5.32 Å². The number of likely N-dealkylation sites (tertiary alicyclic amines) is 1. The topological polar surface area (TPSA) is 94.2 Å². The van der Waals surface area contributed by atoms with E-state index in [4.69, 9.17) is 26.4 Å². The lowest BCUT2D eigenvalue weighted by Gasteiger charge is -2.33. The van der Waals surface area contributed by atoms with Crippen molar-refractivity contribution >= 4 is 40.9 Å². The van der Waals surface area contributed by atoms with E-state index in [1.807, 2.05) is 4.90 Å². The number of thiocarbonyl (C=S) groups is 1. The lowest BCUT2D eigenvalue weighted by atomic mass is 9.98. The van der Waals surface area contributed by atoms with E-state index in [0.29, 0.717) is 30.5 Å². The molecular formula is C19H24N2O6S. The maximum absolute atomic E-state index is 12.1. The quantitative estimate of drug-likeness (QED) is 0.447. The molecule has 1 heterocycles. The summed E-state index contributed by atoms with van der Waals surface area (Å²) in [6, 6.07) is 4.43. The van der Waals surface area contributed by atoms with E-state index in [1.54, 1.807) is 6.92 Å². The van der Waals surface area contributed by atoms with Crippen molar-refractivity contribution in [1.82, 2.24) is 4.90 Å². The predicted octanol–water partition coefficient (Wildman–Crippen LogP) is 2.23. The molecule has 8 nitrogen and oxygen atoms in total. The molecular weight excluding hydrogens is 384 g/mol. The highest BCUT2D eigenvalue weighted by Gasteiger charge is 2.28. The Morgan fingerprint density at radius 2 is 1.93 bits per heavy atom. The number of ether oxygens (including phenoxy) is 3. The molecule has 1 aliphatic rings. The number of nitrogens with one attached hydrogen (secondary N) is 1. The van der Waals surface area contributed by atoms with Gasteiger partial charge in [0.15, 0.2) is 5.11 Å². The fourth-order valence-electron chi connectivity index (χ4n) is 2.99. The first kappa shape index (κ1) is 21.6. The van der Waals surface area contributed by atoms with Gasteiger partial charge in [0.1, 0.15) is 0 Å². The molecule has 9 heteroatoms. The Morgan fingerprint density at radius 3 is 2.57 bits per heavy atom. The molecule has 1 aliphatic heterocycles. The lowest BCUT2D eigenvalue weighted by molar-refractivity contribution is -0.149. The van der Waals surface area contributed by atoms with Gasteiger partial charge in [-0.3, -0.25) is 4.79 Å². The molecule has 0 aliphatic carbocycles. The summed E-state index contributed by atoms with van der Waals surface area (Å²) in [4.78, 5) is 37.8. The van der Waals surface area contributed by atoms with Crippen molar-refractivity contribution in [3.63, 3.8) is 0 Å². The van der Waals surface area contributed by atoms with Gasteiger partial charge in [-0.15, -0.1) is 0 Å². The van der Waals surface area contributed by atoms with Crippen LogP contribution in [-0.2, 0) is 19.0 Å². The van der Waals surface area contributed by atoms with Crippen molar-refractivity contribution in [1.29, 1.82) is 0 Å². The maximum Gasteiger partial charge on any atom is 0.339 e. The second-order valence-electron chi connectivity index (χ2n) is 6.21. The van der Waals surface area contributed by atoms with Gasteiger partial charge in [0.05, 0.1) is 43.6 Å². The van der Waals surface area contributed by atoms with Crippen LogP contribution in [-0.4, -0.2) is 61.8 Å². The molecule has 2 rings (SSSR count). The predicted molar refractivity (Wildman–Crippen MR) is 106 cm³/mol. The lowest BCUT2D eigenvalue weighted by Crippen LogP contribution is -2.44. The molecule has 0 spiro atoms. The number of anilines is 1. The molecule has 0 radical (unpaired) electrons. The second-order valence-corrected chi connectivity index (χ2v) is 6.60. The molecule has 0 amide bonds. The van der Waals surface area contributed by atoms with Gasteiger partial charge in [-0.25, -0.2) is 9.59 Å². The summed E-state index contributed by atoms with van der Waals surface area (Å²) in [6.07, 6.45) is 1.53. The first-order valence-corrected chi connectivity index (χ1v) is 9.35. The van der Waals surface area contributed by atoms with Gasteiger partial charge < -0.3 is 24.4 Å². The Balaban J connectivity index is 2.20. The number of benzene rings is 1. The molecule has 0 bridgehead atoms. The summed E-state index contributed by atoms with van der Waals surface area (Å²) >= 11 is 5.47. The second kappa shape index (κ2) is 10.0. The zero-order chi connectivity index (χ0) is 20.7. The average Bonchev–Trinajstić information content (AvgIpc) is 2.72. The SMILES string of the molecule is CCOC(=O)[C@H]1CCCN(C(=S)Nc2cc(C(=O)OC)ccc2C(=O)OC)C1. The van der Waals surface area contributed by atoms with Gasteiger partial charge in [0.25, 0.3) is 0 Å². The third-order valence-electron chi connectivity index (χ3n) is 4.42. The Kier molecular flexibility index (Phi) is 7.74. The molecule has 0 aromatic heterocycles. The van der Waals surface area contributed by atoms with Crippen LogP contribution >= 0.6 is 12.2 Å². The van der Waals surface area contributed by atoms with Gasteiger partial charge in [-0.1, -0.05) is 0 Å². The van der Waals surface area contributed by atoms with E-state index in [2.05, 4.69) is 5.32 Å². The zero-order valence-electron chi connectivity index (χ0n) is 16.1. The third kappa shape index (κ3) is 5.19. The standard InChI is InChI=1S/C19H24N2O6S/c1-4-27-17(23)13-6-5-9-21(11-13)19(28)20-15-10-12(16(22)25-2)7-8-14(15)18(24)26-3/h7-8,10,13H,4-6,9,11H2,1-3H3,(H,20,28)/t13-/m0/s1. The fraction of sp³-hybridized carbons (Fsp3) is 0.474. The zero-order valence-corrected chi connectivity index (χ0v) is 17.0. The van der Waals surface area contributed by atoms with Crippen LogP contribution in [0, 0.1) is 5.92 Å². The number of hydrogen-bond donors (Lipinski definition) is 1. The minimum absolute atomic E-state index is 0.233. The summed E-state index contributed by atoms with van der Waals surface area (Å²) in [5.74, 6) is -1.59. The van der Waals surface area contributed by atoms with Crippen molar-refractivity contribution in [2.75, 3.05) is 39.2 Å². The third-order valence-corrected chi connectivity index (χ3v) is 4.78. The van der Waals surface area contributed by atoms with E-state index in [0.717, 1.165) is 12.8 Å². The van der Waals surface area contributed by atoms with Gasteiger partial charge in [0.2, 0.25) is 0 Å². The number of carbonyl (C=O) groups excluding carboxylic acids is 3. The molecule has 1 atom stereocenters. The Hall–Kier alpha value is -2.68. The first-order valence-electron chi connectivity index (χ1n) is 8.94. The minimum atomic E-state index is -0.565. The number of carbonyl (C=O) groups is 3. The number of esters is 3. The summed E-state index contributed by atoms with van der Waals surface area (Å²) < 4.78 is 14.6. The van der Waals surface area contributed by atoms with Crippen LogP contribution in [0.2, 0.25) is 0 Å². The van der Waals surface area contributed by atoms with Gasteiger partial charge in [0, 0.05) is 13.1 Å². The van der Waals surface area contributed by atoms with Crippen LogP contribution in [0.5, 0.6) is 0 Å². The van der Waals surface area contributed by atoms with E-state index in [1.165, 1.54) is 32.4 Å². The first-order chi connectivity index (χ1) is 13.4. The van der Waals surface area contributed by atoms with E-state index in [9.17, 15) is 14.4 Å². The highest BCUT2D eigenvalue weighted by Crippen LogP contribution is 2.23. The largest absolute Gasteiger partial charge is 0.466 e. The smallest absolute Gasteiger partial charge is 0.339 e. The highest BCUT2D eigenvalue weighted by atomic mass is 32.1. The van der Waals surface area contributed by atoms with E-state index < -0.39 is 11.9 Å². The fourth-order valence-corrected chi connectivity index (χ4v) is 3.26. The van der Waals surface area contributed by atoms with Crippen molar-refractivity contribution < 1.29 is 28.6 Å². The molecule has 0 saturated carbocycles. The Labute approximate surface area is 169 Å². The summed E-state index contributed by atoms with van der Waals surface area (Å²) in [6.45, 7) is 3.20. The number of hydrogen-bond acceptors (Lipinski definition) is 7. The molecule has 1 aromatic rings. The molecule has 1 saturated heterocycles. The molecule has 1 aromatic carbocycles. The van der Waals surface area contributed by atoms with Crippen molar-refractivity contribution in [3.05, 3.63) is 29.3 Å².